The van der Waals surface area contributed by atoms with E-state index < -0.39 is 0 Å². The minimum atomic E-state index is -0.381. The van der Waals surface area contributed by atoms with E-state index >= 15 is 0 Å². The summed E-state index contributed by atoms with van der Waals surface area (Å²) >= 11 is 0. The first-order valence-corrected chi connectivity index (χ1v) is 9.58. The summed E-state index contributed by atoms with van der Waals surface area (Å²) < 4.78 is 26.4. The Balaban J connectivity index is 0.00000240. The van der Waals surface area contributed by atoms with Crippen molar-refractivity contribution in [3.63, 3.8) is 0 Å². The molecule has 0 saturated carbocycles. The third kappa shape index (κ3) is 4.82. The number of hydrogen-bond acceptors (Lipinski definition) is 3. The monoisotopic (exact) mass is 420 g/mol. The Hall–Kier alpha value is -2.31. The Bertz CT molecular complexity index is 896. The van der Waals surface area contributed by atoms with Gasteiger partial charge in [0.15, 0.2) is 5.78 Å². The Labute approximate surface area is 174 Å². The number of nitrogens with zero attached hydrogens (tertiary/aromatic N) is 2. The van der Waals surface area contributed by atoms with E-state index in [-0.39, 0.29) is 35.7 Å². The van der Waals surface area contributed by atoms with E-state index in [0.717, 1.165) is 31.5 Å². The van der Waals surface area contributed by atoms with Gasteiger partial charge in [0.05, 0.1) is 6.54 Å². The fraction of sp³-hybridized carbons (Fsp3) is 0.364. The second-order valence-electron chi connectivity index (χ2n) is 7.64. The molecule has 0 spiro atoms. The van der Waals surface area contributed by atoms with Crippen molar-refractivity contribution in [2.24, 2.45) is 5.92 Å². The van der Waals surface area contributed by atoms with Crippen molar-refractivity contribution < 1.29 is 18.4 Å². The first kappa shape index (κ1) is 21.4. The highest BCUT2D eigenvalue weighted by Gasteiger charge is 2.31. The van der Waals surface area contributed by atoms with E-state index in [1.54, 1.807) is 11.0 Å². The van der Waals surface area contributed by atoms with Crippen molar-refractivity contribution in [1.82, 2.24) is 9.80 Å². The third-order valence-electron chi connectivity index (χ3n) is 5.67. The van der Waals surface area contributed by atoms with Crippen molar-refractivity contribution in [2.45, 2.75) is 19.4 Å². The largest absolute Gasteiger partial charge is 0.334 e. The third-order valence-corrected chi connectivity index (χ3v) is 5.67. The second kappa shape index (κ2) is 9.01. The maximum absolute atomic E-state index is 13.4. The number of amides is 1. The molecule has 0 aliphatic carbocycles. The van der Waals surface area contributed by atoms with Crippen LogP contribution in [0.25, 0.3) is 0 Å². The summed E-state index contributed by atoms with van der Waals surface area (Å²) in [5, 5.41) is 0. The molecule has 0 atom stereocenters. The molecular weight excluding hydrogens is 398 g/mol. The van der Waals surface area contributed by atoms with Crippen molar-refractivity contribution >= 4 is 24.1 Å². The molecule has 0 N–H and O–H groups in total. The van der Waals surface area contributed by atoms with Crippen LogP contribution in [0.4, 0.5) is 8.78 Å². The normalized spacial score (nSPS) is 17.2. The van der Waals surface area contributed by atoms with Crippen LogP contribution in [0.2, 0.25) is 0 Å². The van der Waals surface area contributed by atoms with Crippen LogP contribution < -0.4 is 0 Å². The maximum atomic E-state index is 13.4. The van der Waals surface area contributed by atoms with Gasteiger partial charge in [0.25, 0.3) is 5.91 Å². The molecule has 1 saturated heterocycles. The second-order valence-corrected chi connectivity index (χ2v) is 7.64. The summed E-state index contributed by atoms with van der Waals surface area (Å²) in [4.78, 5) is 28.7. The van der Waals surface area contributed by atoms with Crippen molar-refractivity contribution in [2.75, 3.05) is 26.2 Å². The Morgan fingerprint density at radius 2 is 1.66 bits per heavy atom. The maximum Gasteiger partial charge on any atom is 0.254 e. The number of carbonyl (C=O) groups excluding carboxylic acids is 2. The van der Waals surface area contributed by atoms with E-state index in [4.69, 9.17) is 0 Å². The topological polar surface area (TPSA) is 40.6 Å². The summed E-state index contributed by atoms with van der Waals surface area (Å²) in [6.07, 6.45) is 1.82. The number of ketones is 1. The lowest BCUT2D eigenvalue weighted by molar-refractivity contribution is 0.0707. The molecule has 2 aromatic rings. The smallest absolute Gasteiger partial charge is 0.254 e. The van der Waals surface area contributed by atoms with Crippen LogP contribution in [0.5, 0.6) is 0 Å². The minimum absolute atomic E-state index is 0. The van der Waals surface area contributed by atoms with Gasteiger partial charge in [-0.1, -0.05) is 6.07 Å². The first-order chi connectivity index (χ1) is 13.5. The number of rotatable bonds is 5. The molecule has 1 fully saturated rings. The summed E-state index contributed by atoms with van der Waals surface area (Å²) in [5.74, 6) is -0.457. The summed E-state index contributed by atoms with van der Waals surface area (Å²) in [5.41, 5.74) is 1.88. The van der Waals surface area contributed by atoms with Gasteiger partial charge in [0, 0.05) is 24.2 Å². The number of Topliss-reactive ketones (excluding diaryl/α,β-unsaturated/α-hetero) is 1. The average Bonchev–Trinajstić information content (AvgIpc) is 2.99. The van der Waals surface area contributed by atoms with Gasteiger partial charge in [0.1, 0.15) is 11.6 Å². The highest BCUT2D eigenvalue weighted by atomic mass is 35.5. The molecule has 2 aromatic carbocycles. The van der Waals surface area contributed by atoms with E-state index in [9.17, 15) is 18.4 Å². The molecule has 0 bridgehead atoms. The molecule has 4 nitrogen and oxygen atoms in total. The van der Waals surface area contributed by atoms with E-state index in [1.165, 1.54) is 36.4 Å². The lowest BCUT2D eigenvalue weighted by Gasteiger charge is -2.33. The molecule has 7 heteroatoms. The summed E-state index contributed by atoms with van der Waals surface area (Å²) in [6, 6.07) is 10.0. The molecule has 4 rings (SSSR count). The van der Waals surface area contributed by atoms with Gasteiger partial charge in [-0.25, -0.2) is 8.78 Å². The van der Waals surface area contributed by atoms with Crippen LogP contribution >= 0.6 is 12.4 Å². The van der Waals surface area contributed by atoms with Crippen LogP contribution in [-0.4, -0.2) is 47.7 Å². The van der Waals surface area contributed by atoms with E-state index in [2.05, 4.69) is 4.90 Å². The van der Waals surface area contributed by atoms with Crippen molar-refractivity contribution in [3.05, 3.63) is 70.8 Å². The van der Waals surface area contributed by atoms with Gasteiger partial charge in [-0.15, -0.1) is 12.4 Å². The van der Waals surface area contributed by atoms with Gasteiger partial charge in [-0.3, -0.25) is 14.5 Å². The molecule has 0 aromatic heterocycles. The standard InChI is InChI=1S/C22H22F2N2O2.ClH/c23-18-4-1-16(2-5-18)21(27)14-25-9-7-15(8-10-25)12-26-13-17-3-6-19(24)11-20(17)22(26)28;/h1-6,11,15H,7-10,12-14H2;1H. The Morgan fingerprint density at radius 1 is 1.00 bits per heavy atom. The lowest BCUT2D eigenvalue weighted by atomic mass is 9.95. The number of halogens is 3. The lowest BCUT2D eigenvalue weighted by Crippen LogP contribution is -2.41. The number of likely N-dealkylation sites (tertiary alicyclic amines) is 1. The highest BCUT2D eigenvalue weighted by molar-refractivity contribution is 5.98. The molecular formula is C22H23ClF2N2O2. The molecule has 1 amide bonds. The molecule has 0 unspecified atom stereocenters. The predicted octanol–water partition coefficient (Wildman–Crippen LogP) is 3.94. The average molecular weight is 421 g/mol. The molecule has 29 heavy (non-hydrogen) atoms. The zero-order valence-corrected chi connectivity index (χ0v) is 16.8. The SMILES string of the molecule is Cl.O=C(CN1CCC(CN2Cc3ccc(F)cc3C2=O)CC1)c1ccc(F)cc1. The van der Waals surface area contributed by atoms with Crippen LogP contribution in [-0.2, 0) is 6.54 Å². The van der Waals surface area contributed by atoms with Crippen LogP contribution in [0.3, 0.4) is 0 Å². The van der Waals surface area contributed by atoms with Gasteiger partial charge >= 0.3 is 0 Å². The number of hydrogen-bond donors (Lipinski definition) is 0. The zero-order chi connectivity index (χ0) is 19.7. The molecule has 154 valence electrons. The van der Waals surface area contributed by atoms with Crippen LogP contribution in [0, 0.1) is 17.6 Å². The Morgan fingerprint density at radius 3 is 2.34 bits per heavy atom. The van der Waals surface area contributed by atoms with Gasteiger partial charge in [-0.05, 0) is 73.8 Å². The highest BCUT2D eigenvalue weighted by Crippen LogP contribution is 2.27. The van der Waals surface area contributed by atoms with Gasteiger partial charge in [0.2, 0.25) is 0 Å². The Kier molecular flexibility index (Phi) is 6.65. The van der Waals surface area contributed by atoms with Gasteiger partial charge < -0.3 is 4.90 Å². The number of benzene rings is 2. The first-order valence-electron chi connectivity index (χ1n) is 9.58. The zero-order valence-electron chi connectivity index (χ0n) is 15.9. The quantitative estimate of drug-likeness (QED) is 0.688. The summed E-state index contributed by atoms with van der Waals surface area (Å²) in [6.45, 7) is 3.11. The molecule has 2 aliphatic heterocycles. The van der Waals surface area contributed by atoms with Crippen LogP contribution in [0.1, 0.15) is 39.1 Å². The number of piperidine rings is 1. The summed E-state index contributed by atoms with van der Waals surface area (Å²) in [7, 11) is 0. The minimum Gasteiger partial charge on any atom is -0.334 e. The predicted molar refractivity (Wildman–Crippen MR) is 108 cm³/mol. The molecule has 2 heterocycles. The fourth-order valence-electron chi connectivity index (χ4n) is 4.05. The van der Waals surface area contributed by atoms with Crippen LogP contribution in [0.15, 0.2) is 42.5 Å². The molecule has 0 radical (unpaired) electrons. The number of carbonyl (C=O) groups is 2. The van der Waals surface area contributed by atoms with E-state index in [0.29, 0.717) is 36.7 Å². The van der Waals surface area contributed by atoms with Crippen molar-refractivity contribution in [1.29, 1.82) is 0 Å². The van der Waals surface area contributed by atoms with Crippen molar-refractivity contribution in [3.8, 4) is 0 Å². The molecule has 2 aliphatic rings. The fourth-order valence-corrected chi connectivity index (χ4v) is 4.05. The number of fused-ring (bicyclic) bond motifs is 1. The van der Waals surface area contributed by atoms with E-state index in [1.807, 2.05) is 0 Å². The van der Waals surface area contributed by atoms with Gasteiger partial charge in [-0.2, -0.15) is 0 Å².